The maximum absolute atomic E-state index is 13.5. The minimum absolute atomic E-state index is 0.292. The maximum atomic E-state index is 13.5. The van der Waals surface area contributed by atoms with Gasteiger partial charge >= 0.3 is 0 Å². The number of nitrogens with zero attached hydrogens (tertiary/aromatic N) is 3. The summed E-state index contributed by atoms with van der Waals surface area (Å²) in [5.74, 6) is 1.64. The van der Waals surface area contributed by atoms with Crippen molar-refractivity contribution in [3.8, 4) is 0 Å². The molecule has 0 radical (unpaired) electrons. The van der Waals surface area contributed by atoms with E-state index in [0.29, 0.717) is 30.3 Å². The van der Waals surface area contributed by atoms with Crippen molar-refractivity contribution >= 4 is 22.5 Å². The third-order valence-electron chi connectivity index (χ3n) is 5.55. The van der Waals surface area contributed by atoms with E-state index >= 15 is 0 Å². The van der Waals surface area contributed by atoms with E-state index < -0.39 is 11.5 Å². The first-order chi connectivity index (χ1) is 14.0. The summed E-state index contributed by atoms with van der Waals surface area (Å²) in [6, 6.07) is 16.1. The molecule has 2 heterocycles. The number of fused-ring (bicyclic) bond motifs is 1. The Morgan fingerprint density at radius 2 is 1.86 bits per heavy atom. The lowest BCUT2D eigenvalue weighted by Crippen LogP contribution is -2.46. The number of aromatic amines is 1. The summed E-state index contributed by atoms with van der Waals surface area (Å²) >= 11 is 0. The van der Waals surface area contributed by atoms with E-state index in [1.807, 2.05) is 37.3 Å². The molecule has 146 valence electrons. The minimum Gasteiger partial charge on any atom is -0.393 e. The van der Waals surface area contributed by atoms with Gasteiger partial charge in [-0.05, 0) is 49.6 Å². The molecule has 0 spiro atoms. The fourth-order valence-electron chi connectivity index (χ4n) is 4.05. The first kappa shape index (κ1) is 17.8. The molecule has 0 saturated heterocycles. The van der Waals surface area contributed by atoms with Crippen molar-refractivity contribution < 1.29 is 9.50 Å². The van der Waals surface area contributed by atoms with Crippen LogP contribution >= 0.6 is 0 Å². The van der Waals surface area contributed by atoms with Crippen LogP contribution in [-0.2, 0) is 5.41 Å². The summed E-state index contributed by atoms with van der Waals surface area (Å²) in [5, 5.41) is 21.4. The highest BCUT2D eigenvalue weighted by molar-refractivity contribution is 5.90. The summed E-state index contributed by atoms with van der Waals surface area (Å²) in [4.78, 5) is 9.68. The highest BCUT2D eigenvalue weighted by atomic mass is 19.1. The molecule has 6 nitrogen and oxygen atoms in total. The smallest absolute Gasteiger partial charge is 0.153 e. The molecule has 3 N–H and O–H groups in total. The van der Waals surface area contributed by atoms with Gasteiger partial charge in [-0.2, -0.15) is 5.10 Å². The zero-order chi connectivity index (χ0) is 20.0. The molecule has 1 saturated carbocycles. The molecule has 1 fully saturated rings. The molecule has 1 aliphatic rings. The Labute approximate surface area is 166 Å². The van der Waals surface area contributed by atoms with E-state index in [1.165, 1.54) is 12.1 Å². The van der Waals surface area contributed by atoms with Gasteiger partial charge in [0.2, 0.25) is 0 Å². The van der Waals surface area contributed by atoms with Gasteiger partial charge in [0.15, 0.2) is 5.82 Å². The lowest BCUT2D eigenvalue weighted by Gasteiger charge is -2.44. The number of H-pyrrole nitrogens is 1. The van der Waals surface area contributed by atoms with Crippen molar-refractivity contribution in [3.05, 3.63) is 77.5 Å². The van der Waals surface area contributed by atoms with Crippen LogP contribution in [0.15, 0.2) is 54.6 Å². The number of aliphatic hydroxyl groups excluding tert-OH is 1. The lowest BCUT2D eigenvalue weighted by molar-refractivity contribution is 0.0338. The lowest BCUT2D eigenvalue weighted by atomic mass is 9.62. The molecule has 5 rings (SSSR count). The number of aryl methyl sites for hydroxylation is 1. The van der Waals surface area contributed by atoms with Gasteiger partial charge in [-0.25, -0.2) is 14.4 Å². The van der Waals surface area contributed by atoms with E-state index in [2.05, 4.69) is 15.5 Å². The predicted molar refractivity (Wildman–Crippen MR) is 109 cm³/mol. The Morgan fingerprint density at radius 3 is 2.55 bits per heavy atom. The number of aliphatic hydroxyl groups is 1. The average molecular weight is 389 g/mol. The van der Waals surface area contributed by atoms with Gasteiger partial charge in [0, 0.05) is 17.1 Å². The molecular formula is C22H20FN5O. The summed E-state index contributed by atoms with van der Waals surface area (Å²) < 4.78 is 13.5. The summed E-state index contributed by atoms with van der Waals surface area (Å²) in [6.07, 6.45) is 0.566. The van der Waals surface area contributed by atoms with Crippen LogP contribution in [0.4, 0.5) is 16.0 Å². The summed E-state index contributed by atoms with van der Waals surface area (Å²) in [6.45, 7) is 1.93. The van der Waals surface area contributed by atoms with Gasteiger partial charge in [-0.15, -0.1) is 0 Å². The number of para-hydroxylation sites is 1. The van der Waals surface area contributed by atoms with Crippen molar-refractivity contribution in [1.29, 1.82) is 0 Å². The first-order valence-corrected chi connectivity index (χ1v) is 9.54. The molecule has 29 heavy (non-hydrogen) atoms. The third-order valence-corrected chi connectivity index (χ3v) is 5.55. The molecule has 0 atom stereocenters. The molecule has 0 amide bonds. The number of halogens is 1. The molecule has 2 aromatic heterocycles. The molecule has 0 aliphatic heterocycles. The fourth-order valence-corrected chi connectivity index (χ4v) is 4.05. The molecular weight excluding hydrogens is 369 g/mol. The van der Waals surface area contributed by atoms with Crippen molar-refractivity contribution in [1.82, 2.24) is 20.2 Å². The van der Waals surface area contributed by atoms with Gasteiger partial charge in [0.1, 0.15) is 17.5 Å². The molecule has 1 aliphatic carbocycles. The van der Waals surface area contributed by atoms with Gasteiger partial charge in [0.05, 0.1) is 17.0 Å². The topological polar surface area (TPSA) is 86.7 Å². The average Bonchev–Trinajstić information content (AvgIpc) is 3.10. The Hall–Kier alpha value is -3.32. The Balaban J connectivity index is 1.66. The quantitative estimate of drug-likeness (QED) is 0.491. The highest BCUT2D eigenvalue weighted by Crippen LogP contribution is 2.48. The second-order valence-electron chi connectivity index (χ2n) is 7.63. The van der Waals surface area contributed by atoms with Crippen molar-refractivity contribution in [2.24, 2.45) is 0 Å². The van der Waals surface area contributed by atoms with Crippen LogP contribution in [0.1, 0.15) is 29.9 Å². The number of aromatic nitrogens is 4. The van der Waals surface area contributed by atoms with Gasteiger partial charge in [-0.1, -0.05) is 24.3 Å². The van der Waals surface area contributed by atoms with E-state index in [9.17, 15) is 9.50 Å². The third kappa shape index (κ3) is 3.03. The summed E-state index contributed by atoms with van der Waals surface area (Å²) in [5.41, 5.74) is 2.10. The van der Waals surface area contributed by atoms with Crippen LogP contribution in [0.2, 0.25) is 0 Å². The van der Waals surface area contributed by atoms with Gasteiger partial charge < -0.3 is 10.4 Å². The Morgan fingerprint density at radius 1 is 1.10 bits per heavy atom. The van der Waals surface area contributed by atoms with Crippen LogP contribution in [-0.4, -0.2) is 31.4 Å². The van der Waals surface area contributed by atoms with E-state index in [4.69, 9.17) is 9.97 Å². The normalized spacial score (nSPS) is 21.1. The second-order valence-corrected chi connectivity index (χ2v) is 7.63. The zero-order valence-corrected chi connectivity index (χ0v) is 15.9. The van der Waals surface area contributed by atoms with Crippen LogP contribution in [0.3, 0.4) is 0 Å². The standard InChI is InChI=1S/C22H20FN5O/c1-13-10-19(28-27-13)25-20-17-4-2-3-5-18(17)24-21(26-20)22(11-16(29)12-22)14-6-8-15(23)9-7-14/h2-10,16,29H,11-12H2,1H3,(H2,24,25,26,27,28). The monoisotopic (exact) mass is 389 g/mol. The van der Waals surface area contributed by atoms with Gasteiger partial charge in [-0.3, -0.25) is 5.10 Å². The Bertz CT molecular complexity index is 1180. The summed E-state index contributed by atoms with van der Waals surface area (Å²) in [7, 11) is 0. The minimum atomic E-state index is -0.547. The van der Waals surface area contributed by atoms with Crippen molar-refractivity contribution in [2.45, 2.75) is 31.3 Å². The highest BCUT2D eigenvalue weighted by Gasteiger charge is 2.49. The zero-order valence-electron chi connectivity index (χ0n) is 15.9. The SMILES string of the molecule is Cc1cc(Nc2nc(C3(c4ccc(F)cc4)CC(O)C3)nc3ccccc23)n[nH]1. The molecule has 0 unspecified atom stereocenters. The Kier molecular flexibility index (Phi) is 4.06. The van der Waals surface area contributed by atoms with E-state index in [-0.39, 0.29) is 5.82 Å². The number of nitrogens with one attached hydrogen (secondary N) is 2. The van der Waals surface area contributed by atoms with Crippen molar-refractivity contribution in [3.63, 3.8) is 0 Å². The van der Waals surface area contributed by atoms with Crippen LogP contribution in [0, 0.1) is 12.7 Å². The van der Waals surface area contributed by atoms with Crippen LogP contribution in [0.25, 0.3) is 10.9 Å². The predicted octanol–water partition coefficient (Wildman–Crippen LogP) is 3.98. The van der Waals surface area contributed by atoms with Crippen molar-refractivity contribution in [2.75, 3.05) is 5.32 Å². The number of benzene rings is 2. The maximum Gasteiger partial charge on any atom is 0.153 e. The van der Waals surface area contributed by atoms with Gasteiger partial charge in [0.25, 0.3) is 0 Å². The van der Waals surface area contributed by atoms with Crippen LogP contribution in [0.5, 0.6) is 0 Å². The van der Waals surface area contributed by atoms with E-state index in [1.54, 1.807) is 12.1 Å². The van der Waals surface area contributed by atoms with E-state index in [0.717, 1.165) is 22.2 Å². The molecule has 2 aromatic carbocycles. The number of hydrogen-bond donors (Lipinski definition) is 3. The number of rotatable bonds is 4. The molecule has 0 bridgehead atoms. The second kappa shape index (κ2) is 6.63. The molecule has 4 aromatic rings. The number of anilines is 2. The molecule has 7 heteroatoms. The first-order valence-electron chi connectivity index (χ1n) is 9.54. The number of hydrogen-bond acceptors (Lipinski definition) is 5. The van der Waals surface area contributed by atoms with Crippen LogP contribution < -0.4 is 5.32 Å². The fraction of sp³-hybridized carbons (Fsp3) is 0.227. The largest absolute Gasteiger partial charge is 0.393 e.